The second kappa shape index (κ2) is 7.72. The molecule has 0 atom stereocenters. The molecule has 4 aromatic rings. The van der Waals surface area contributed by atoms with Crippen molar-refractivity contribution in [3.05, 3.63) is 94.8 Å². The van der Waals surface area contributed by atoms with E-state index in [1.54, 1.807) is 19.2 Å². The summed E-state index contributed by atoms with van der Waals surface area (Å²) in [6.07, 6.45) is 0. The van der Waals surface area contributed by atoms with Crippen LogP contribution in [0.4, 0.5) is 5.69 Å². The van der Waals surface area contributed by atoms with Crippen LogP contribution in [0, 0.1) is 0 Å². The number of hydrogen-bond donors (Lipinski definition) is 1. The minimum absolute atomic E-state index is 0.0749. The first-order chi connectivity index (χ1) is 14.0. The minimum Gasteiger partial charge on any atom is -0.504 e. The number of benzene rings is 3. The Balaban J connectivity index is 1.76. The van der Waals surface area contributed by atoms with Crippen LogP contribution < -0.4 is 15.2 Å². The van der Waals surface area contributed by atoms with Crippen molar-refractivity contribution >= 4 is 16.6 Å². The summed E-state index contributed by atoms with van der Waals surface area (Å²) in [7, 11) is 3.67. The summed E-state index contributed by atoms with van der Waals surface area (Å²) < 4.78 is 7.22. The second-order valence-electron chi connectivity index (χ2n) is 7.00. The van der Waals surface area contributed by atoms with Crippen molar-refractivity contribution in [3.63, 3.8) is 0 Å². The first-order valence-electron chi connectivity index (χ1n) is 9.38. The Labute approximate surface area is 169 Å². The summed E-state index contributed by atoms with van der Waals surface area (Å²) in [5.41, 5.74) is 2.38. The van der Waals surface area contributed by atoms with Gasteiger partial charge < -0.3 is 19.3 Å². The fraction of sp³-hybridized carbons (Fsp3) is 0.125. The van der Waals surface area contributed by atoms with E-state index in [9.17, 15) is 9.90 Å². The highest BCUT2D eigenvalue weighted by Crippen LogP contribution is 2.35. The monoisotopic (exact) mass is 386 g/mol. The Morgan fingerprint density at radius 3 is 2.31 bits per heavy atom. The number of nitrogens with zero attached hydrogens (tertiary/aromatic N) is 2. The van der Waals surface area contributed by atoms with Gasteiger partial charge >= 0.3 is 0 Å². The zero-order chi connectivity index (χ0) is 20.4. The van der Waals surface area contributed by atoms with Crippen LogP contribution in [-0.2, 0) is 13.6 Å². The lowest BCUT2D eigenvalue weighted by Crippen LogP contribution is -2.19. The number of para-hydroxylation sites is 1. The van der Waals surface area contributed by atoms with E-state index >= 15 is 0 Å². The average Bonchev–Trinajstić information content (AvgIpc) is 2.76. The van der Waals surface area contributed by atoms with Gasteiger partial charge in [0.15, 0.2) is 5.75 Å². The molecule has 1 heterocycles. The quantitative estimate of drug-likeness (QED) is 0.541. The second-order valence-corrected chi connectivity index (χ2v) is 7.00. The Morgan fingerprint density at radius 1 is 0.966 bits per heavy atom. The number of ether oxygens (including phenoxy) is 1. The number of aromatic nitrogens is 1. The predicted octanol–water partition coefficient (Wildman–Crippen LogP) is 4.67. The Morgan fingerprint density at radius 2 is 1.62 bits per heavy atom. The van der Waals surface area contributed by atoms with Crippen LogP contribution in [0.5, 0.6) is 17.2 Å². The largest absolute Gasteiger partial charge is 0.504 e. The van der Waals surface area contributed by atoms with E-state index in [0.717, 1.165) is 12.2 Å². The highest BCUT2D eigenvalue weighted by molar-refractivity contribution is 5.90. The van der Waals surface area contributed by atoms with Crippen LogP contribution in [0.3, 0.4) is 0 Å². The number of aromatic hydroxyl groups is 1. The number of rotatable bonds is 5. The van der Waals surface area contributed by atoms with Gasteiger partial charge in [-0.25, -0.2) is 0 Å². The molecule has 0 spiro atoms. The zero-order valence-electron chi connectivity index (χ0n) is 16.4. The molecule has 0 aliphatic rings. The van der Waals surface area contributed by atoms with Gasteiger partial charge in [-0.1, -0.05) is 48.5 Å². The number of fused-ring (bicyclic) bond motifs is 1. The molecular formula is C24H22N2O3. The van der Waals surface area contributed by atoms with Crippen molar-refractivity contribution in [2.75, 3.05) is 11.9 Å². The maximum atomic E-state index is 12.7. The van der Waals surface area contributed by atoms with Crippen LogP contribution in [0.2, 0.25) is 0 Å². The third-order valence-corrected chi connectivity index (χ3v) is 4.98. The zero-order valence-corrected chi connectivity index (χ0v) is 16.4. The van der Waals surface area contributed by atoms with E-state index in [4.69, 9.17) is 4.74 Å². The summed E-state index contributed by atoms with van der Waals surface area (Å²) in [5, 5.41) is 11.4. The predicted molar refractivity (Wildman–Crippen MR) is 116 cm³/mol. The van der Waals surface area contributed by atoms with Gasteiger partial charge in [0.2, 0.25) is 5.75 Å². The van der Waals surface area contributed by atoms with Gasteiger partial charge in [-0.3, -0.25) is 4.79 Å². The van der Waals surface area contributed by atoms with E-state index in [1.807, 2.05) is 61.6 Å². The molecule has 1 aromatic heterocycles. The molecule has 3 aromatic carbocycles. The molecule has 0 amide bonds. The van der Waals surface area contributed by atoms with Gasteiger partial charge in [0.25, 0.3) is 5.56 Å². The maximum absolute atomic E-state index is 12.7. The van der Waals surface area contributed by atoms with Gasteiger partial charge in [-0.05, 0) is 35.9 Å². The molecule has 5 nitrogen and oxygen atoms in total. The third-order valence-electron chi connectivity index (χ3n) is 4.98. The van der Waals surface area contributed by atoms with Crippen molar-refractivity contribution in [1.82, 2.24) is 4.57 Å². The highest BCUT2D eigenvalue weighted by atomic mass is 16.5. The van der Waals surface area contributed by atoms with Crippen LogP contribution in [-0.4, -0.2) is 16.7 Å². The van der Waals surface area contributed by atoms with Gasteiger partial charge in [0, 0.05) is 31.7 Å². The lowest BCUT2D eigenvalue weighted by atomic mass is 10.1. The molecule has 0 saturated carbocycles. The lowest BCUT2D eigenvalue weighted by Gasteiger charge is -2.21. The van der Waals surface area contributed by atoms with Crippen LogP contribution in [0.25, 0.3) is 10.9 Å². The summed E-state index contributed by atoms with van der Waals surface area (Å²) in [6.45, 7) is 0.728. The van der Waals surface area contributed by atoms with Crippen molar-refractivity contribution in [1.29, 1.82) is 0 Å². The third kappa shape index (κ3) is 3.67. The van der Waals surface area contributed by atoms with E-state index in [1.165, 1.54) is 10.1 Å². The van der Waals surface area contributed by atoms with Gasteiger partial charge in [-0.15, -0.1) is 0 Å². The van der Waals surface area contributed by atoms with E-state index in [2.05, 4.69) is 17.0 Å². The first kappa shape index (κ1) is 18.6. The average molecular weight is 386 g/mol. The van der Waals surface area contributed by atoms with Gasteiger partial charge in [0.1, 0.15) is 5.75 Å². The Bertz CT molecular complexity index is 1200. The van der Waals surface area contributed by atoms with E-state index in [-0.39, 0.29) is 17.1 Å². The standard InChI is InChI=1S/C24H22N2O3/c1-25(16-17-9-5-3-6-10-17)18-13-14-21-20(15-18)22(27)23(24(28)26(21)2)29-19-11-7-4-8-12-19/h3-15,27H,16H2,1-2H3. The molecule has 0 aliphatic carbocycles. The maximum Gasteiger partial charge on any atom is 0.297 e. The topological polar surface area (TPSA) is 54.7 Å². The number of anilines is 1. The van der Waals surface area contributed by atoms with Crippen molar-refractivity contribution in [2.45, 2.75) is 6.54 Å². The minimum atomic E-state index is -0.385. The van der Waals surface area contributed by atoms with Gasteiger partial charge in [-0.2, -0.15) is 0 Å². The number of hydrogen-bond acceptors (Lipinski definition) is 4. The SMILES string of the molecule is CN(Cc1ccccc1)c1ccc2c(c1)c(O)c(Oc1ccccc1)c(=O)n2C. The normalized spacial score (nSPS) is 10.8. The molecule has 0 radical (unpaired) electrons. The smallest absolute Gasteiger partial charge is 0.297 e. The van der Waals surface area contributed by atoms with Crippen LogP contribution in [0.15, 0.2) is 83.7 Å². The molecule has 4 rings (SSSR count). The molecule has 5 heteroatoms. The van der Waals surface area contributed by atoms with E-state index < -0.39 is 0 Å². The molecule has 0 fully saturated rings. The van der Waals surface area contributed by atoms with Crippen molar-refractivity contribution < 1.29 is 9.84 Å². The van der Waals surface area contributed by atoms with E-state index in [0.29, 0.717) is 16.7 Å². The molecular weight excluding hydrogens is 364 g/mol. The first-order valence-corrected chi connectivity index (χ1v) is 9.38. The lowest BCUT2D eigenvalue weighted by molar-refractivity contribution is 0.407. The molecule has 29 heavy (non-hydrogen) atoms. The number of aryl methyl sites for hydroxylation is 1. The van der Waals surface area contributed by atoms with Crippen molar-refractivity contribution in [2.24, 2.45) is 7.05 Å². The summed E-state index contributed by atoms with van der Waals surface area (Å²) in [6, 6.07) is 24.8. The summed E-state index contributed by atoms with van der Waals surface area (Å²) in [5.74, 6) is 0.271. The molecule has 0 bridgehead atoms. The Kier molecular flexibility index (Phi) is 4.96. The summed E-state index contributed by atoms with van der Waals surface area (Å²) >= 11 is 0. The van der Waals surface area contributed by atoms with Crippen molar-refractivity contribution in [3.8, 4) is 17.2 Å². The number of pyridine rings is 1. The van der Waals surface area contributed by atoms with Crippen LogP contribution >= 0.6 is 0 Å². The van der Waals surface area contributed by atoms with Crippen LogP contribution in [0.1, 0.15) is 5.56 Å². The molecule has 0 aliphatic heterocycles. The highest BCUT2D eigenvalue weighted by Gasteiger charge is 2.18. The summed E-state index contributed by atoms with van der Waals surface area (Å²) in [4.78, 5) is 14.8. The fourth-order valence-electron chi connectivity index (χ4n) is 3.38. The molecule has 0 unspecified atom stereocenters. The Hall–Kier alpha value is -3.73. The molecule has 1 N–H and O–H groups in total. The molecule has 146 valence electrons. The van der Waals surface area contributed by atoms with Gasteiger partial charge in [0.05, 0.1) is 5.52 Å². The molecule has 0 saturated heterocycles. The fourth-order valence-corrected chi connectivity index (χ4v) is 3.38.